The summed E-state index contributed by atoms with van der Waals surface area (Å²) in [5, 5.41) is 5.66. The maximum atomic E-state index is 6.48. The number of benzene rings is 2. The molecule has 3 aromatic rings. The van der Waals surface area contributed by atoms with E-state index < -0.39 is 0 Å². The van der Waals surface area contributed by atoms with Crippen LogP contribution in [0.1, 0.15) is 25.0 Å². The molecule has 0 radical (unpaired) electrons. The average molecular weight is 462 g/mol. The zero-order valence-corrected chi connectivity index (χ0v) is 17.7. The molecule has 0 saturated carbocycles. The normalized spacial score (nSPS) is 15.2. The topological polar surface area (TPSA) is 84.6 Å². The minimum absolute atomic E-state index is 0.424. The third-order valence-electron chi connectivity index (χ3n) is 5.16. The van der Waals surface area contributed by atoms with Crippen LogP contribution in [-0.2, 0) is 0 Å². The number of nitrogens with zero attached hydrogens (tertiary/aromatic N) is 3. The number of hydrazone groups is 1. The van der Waals surface area contributed by atoms with Gasteiger partial charge in [-0.2, -0.15) is 5.10 Å². The highest BCUT2D eigenvalue weighted by Crippen LogP contribution is 2.41. The second-order valence-electron chi connectivity index (χ2n) is 6.82. The molecule has 0 amide bonds. The summed E-state index contributed by atoms with van der Waals surface area (Å²) in [5.74, 6) is 12.0. The lowest BCUT2D eigenvalue weighted by Crippen LogP contribution is -2.37. The van der Waals surface area contributed by atoms with E-state index in [1.807, 2.05) is 30.3 Å². The Morgan fingerprint density at radius 3 is 2.46 bits per heavy atom. The Balaban J connectivity index is 2.13. The number of nitrogens with two attached hydrogens (primary N) is 2. The van der Waals surface area contributed by atoms with Crippen molar-refractivity contribution in [1.82, 2.24) is 9.99 Å². The Hall–Kier alpha value is -2.22. The fraction of sp³-hybridized carbons (Fsp3) is 0.250. The van der Waals surface area contributed by atoms with E-state index in [0.29, 0.717) is 10.9 Å². The average Bonchev–Trinajstić information content (AvgIpc) is 3.04. The number of hydrazine groups is 1. The van der Waals surface area contributed by atoms with E-state index in [1.54, 1.807) is 0 Å². The number of nitrogens with one attached hydrogen (secondary N) is 1. The number of amidine groups is 1. The summed E-state index contributed by atoms with van der Waals surface area (Å²) in [6.07, 6.45) is 3.53. The Morgan fingerprint density at radius 1 is 1.11 bits per heavy atom. The molecule has 1 fully saturated rings. The first kappa shape index (κ1) is 19.1. The molecular weight excluding hydrogens is 440 g/mol. The van der Waals surface area contributed by atoms with Crippen molar-refractivity contribution in [3.8, 4) is 5.69 Å². The van der Waals surface area contributed by atoms with Crippen LogP contribution < -0.4 is 22.0 Å². The largest absolute Gasteiger partial charge is 0.369 e. The van der Waals surface area contributed by atoms with E-state index in [9.17, 15) is 0 Å². The lowest BCUT2D eigenvalue weighted by atomic mass is 10.1. The van der Waals surface area contributed by atoms with Crippen LogP contribution >= 0.6 is 27.5 Å². The third kappa shape index (κ3) is 3.23. The fourth-order valence-corrected chi connectivity index (χ4v) is 4.43. The van der Waals surface area contributed by atoms with Crippen LogP contribution in [0.2, 0.25) is 5.02 Å². The van der Waals surface area contributed by atoms with Gasteiger partial charge in [-0.15, -0.1) is 0 Å². The van der Waals surface area contributed by atoms with Crippen molar-refractivity contribution in [1.29, 1.82) is 0 Å². The molecule has 2 heterocycles. The van der Waals surface area contributed by atoms with Crippen molar-refractivity contribution in [3.05, 3.63) is 57.7 Å². The van der Waals surface area contributed by atoms with Crippen LogP contribution in [0.25, 0.3) is 16.6 Å². The summed E-state index contributed by atoms with van der Waals surface area (Å²) >= 11 is 10.1. The maximum absolute atomic E-state index is 6.48. The molecule has 0 atom stereocenters. The van der Waals surface area contributed by atoms with Crippen LogP contribution in [-0.4, -0.2) is 23.5 Å². The van der Waals surface area contributed by atoms with Crippen LogP contribution in [0.5, 0.6) is 0 Å². The van der Waals surface area contributed by atoms with E-state index in [2.05, 4.69) is 48.1 Å². The smallest absolute Gasteiger partial charge is 0.186 e. The van der Waals surface area contributed by atoms with Crippen LogP contribution in [0.3, 0.4) is 0 Å². The number of rotatable bonds is 3. The molecule has 1 aromatic heterocycles. The Morgan fingerprint density at radius 2 is 1.82 bits per heavy atom. The van der Waals surface area contributed by atoms with Gasteiger partial charge < -0.3 is 20.7 Å². The van der Waals surface area contributed by atoms with Gasteiger partial charge in [0, 0.05) is 28.6 Å². The quantitative estimate of drug-likeness (QED) is 0.237. The zero-order valence-electron chi connectivity index (χ0n) is 15.3. The highest BCUT2D eigenvalue weighted by atomic mass is 79.9. The number of hydrogen-bond donors (Lipinski definition) is 3. The van der Waals surface area contributed by atoms with Gasteiger partial charge in [-0.05, 0) is 59.5 Å². The molecule has 5 N–H and O–H groups in total. The molecular formula is C20H22BrClN6. The van der Waals surface area contributed by atoms with Gasteiger partial charge in [0.2, 0.25) is 0 Å². The number of anilines is 1. The second kappa shape index (κ2) is 8.03. The Kier molecular flexibility index (Phi) is 5.48. The fourth-order valence-electron chi connectivity index (χ4n) is 3.93. The first-order valence-electron chi connectivity index (χ1n) is 9.24. The minimum atomic E-state index is 0.424. The molecule has 0 unspecified atom stereocenters. The van der Waals surface area contributed by atoms with E-state index in [4.69, 9.17) is 23.3 Å². The first-order valence-corrected chi connectivity index (χ1v) is 10.4. The molecule has 0 bridgehead atoms. The van der Waals surface area contributed by atoms with Crippen molar-refractivity contribution in [3.63, 3.8) is 0 Å². The van der Waals surface area contributed by atoms with Crippen molar-refractivity contribution in [2.75, 3.05) is 18.0 Å². The minimum Gasteiger partial charge on any atom is -0.369 e. The third-order valence-corrected chi connectivity index (χ3v) is 6.36. The molecule has 0 aliphatic carbocycles. The zero-order chi connectivity index (χ0) is 19.7. The van der Waals surface area contributed by atoms with Gasteiger partial charge >= 0.3 is 0 Å². The summed E-state index contributed by atoms with van der Waals surface area (Å²) in [5.41, 5.74) is 6.57. The molecule has 1 aliphatic heterocycles. The van der Waals surface area contributed by atoms with Crippen LogP contribution in [0, 0.1) is 0 Å². The van der Waals surface area contributed by atoms with E-state index in [-0.39, 0.29) is 0 Å². The number of hydrogen-bond acceptors (Lipinski definition) is 4. The van der Waals surface area contributed by atoms with Crippen molar-refractivity contribution >= 4 is 50.0 Å². The van der Waals surface area contributed by atoms with Gasteiger partial charge in [-0.1, -0.05) is 29.8 Å². The molecule has 4 rings (SSSR count). The Bertz CT molecular complexity index is 1020. The van der Waals surface area contributed by atoms with Gasteiger partial charge in [0.05, 0.1) is 16.2 Å². The predicted molar refractivity (Wildman–Crippen MR) is 120 cm³/mol. The van der Waals surface area contributed by atoms with Gasteiger partial charge in [-0.3, -0.25) is 0 Å². The second-order valence-corrected chi connectivity index (χ2v) is 8.08. The highest BCUT2D eigenvalue weighted by Gasteiger charge is 2.27. The molecule has 8 heteroatoms. The van der Waals surface area contributed by atoms with Gasteiger partial charge in [0.25, 0.3) is 0 Å². The van der Waals surface area contributed by atoms with E-state index >= 15 is 0 Å². The van der Waals surface area contributed by atoms with Gasteiger partial charge in [-0.25, -0.2) is 5.84 Å². The molecule has 0 spiro atoms. The molecule has 28 heavy (non-hydrogen) atoms. The molecule has 1 saturated heterocycles. The van der Waals surface area contributed by atoms with Gasteiger partial charge in [0.1, 0.15) is 5.69 Å². The summed E-state index contributed by atoms with van der Waals surface area (Å²) in [6.45, 7) is 1.94. The number of fused-ring (bicyclic) bond motifs is 1. The Labute approximate surface area is 177 Å². The predicted octanol–water partition coefficient (Wildman–Crippen LogP) is 4.12. The van der Waals surface area contributed by atoms with E-state index in [1.165, 1.54) is 6.42 Å². The first-order chi connectivity index (χ1) is 13.7. The number of piperidine rings is 1. The van der Waals surface area contributed by atoms with Gasteiger partial charge in [0.15, 0.2) is 5.84 Å². The lowest BCUT2D eigenvalue weighted by Gasteiger charge is -2.30. The molecule has 1 aliphatic rings. The van der Waals surface area contributed by atoms with Crippen LogP contribution in [0.4, 0.5) is 5.69 Å². The molecule has 146 valence electrons. The number of para-hydroxylation sites is 1. The SMILES string of the molecule is N/N=C(\NN)c1c(N2CCCCC2)c2cc(Cl)c(Br)cc2n1-c1ccccc1. The maximum Gasteiger partial charge on any atom is 0.186 e. The lowest BCUT2D eigenvalue weighted by molar-refractivity contribution is 0.578. The standard InChI is InChI=1S/C20H22BrClN6/c21-15-12-17-14(11-16(15)22)18(27-9-5-2-6-10-27)19(20(25-23)26-24)28(17)13-7-3-1-4-8-13/h1,3-4,7-8,11-12H,2,5-6,9-10,23-24H2,(H,25,26). The summed E-state index contributed by atoms with van der Waals surface area (Å²) in [6, 6.07) is 14.1. The summed E-state index contributed by atoms with van der Waals surface area (Å²) < 4.78 is 2.96. The van der Waals surface area contributed by atoms with Crippen molar-refractivity contribution in [2.45, 2.75) is 19.3 Å². The summed E-state index contributed by atoms with van der Waals surface area (Å²) in [7, 11) is 0. The number of aromatic nitrogens is 1. The summed E-state index contributed by atoms with van der Waals surface area (Å²) in [4.78, 5) is 2.38. The van der Waals surface area contributed by atoms with Crippen LogP contribution in [0.15, 0.2) is 52.0 Å². The van der Waals surface area contributed by atoms with Crippen molar-refractivity contribution < 1.29 is 0 Å². The molecule has 2 aromatic carbocycles. The van der Waals surface area contributed by atoms with Crippen molar-refractivity contribution in [2.24, 2.45) is 16.8 Å². The molecule has 6 nitrogen and oxygen atoms in total. The highest BCUT2D eigenvalue weighted by molar-refractivity contribution is 9.10. The van der Waals surface area contributed by atoms with E-state index in [0.717, 1.165) is 58.4 Å². The monoisotopic (exact) mass is 460 g/mol. The number of halogens is 2.